The van der Waals surface area contributed by atoms with E-state index in [0.717, 1.165) is 25.9 Å². The molecule has 1 fully saturated rings. The first kappa shape index (κ1) is 19.2. The third kappa shape index (κ3) is 4.49. The predicted molar refractivity (Wildman–Crippen MR) is 114 cm³/mol. The van der Waals surface area contributed by atoms with Crippen LogP contribution in [0.2, 0.25) is 0 Å². The zero-order chi connectivity index (χ0) is 20.2. The quantitative estimate of drug-likeness (QED) is 0.622. The van der Waals surface area contributed by atoms with Crippen molar-refractivity contribution in [3.63, 3.8) is 0 Å². The Morgan fingerprint density at radius 2 is 1.72 bits per heavy atom. The Labute approximate surface area is 170 Å². The number of para-hydroxylation sites is 1. The minimum atomic E-state index is -0.354. The Hall–Kier alpha value is -3.12. The average molecular weight is 390 g/mol. The second-order valence-corrected chi connectivity index (χ2v) is 7.66. The Kier molecular flexibility index (Phi) is 5.62. The van der Waals surface area contributed by atoms with E-state index in [-0.39, 0.29) is 11.6 Å². The number of aryl methyl sites for hydroxylation is 1. The van der Waals surface area contributed by atoms with E-state index in [0.29, 0.717) is 29.5 Å². The van der Waals surface area contributed by atoms with Crippen LogP contribution in [-0.2, 0) is 6.54 Å². The topological polar surface area (TPSA) is 81.0 Å². The maximum absolute atomic E-state index is 12.6. The predicted octanol–water partition coefficient (Wildman–Crippen LogP) is 3.64. The molecule has 0 aliphatic carbocycles. The van der Waals surface area contributed by atoms with Crippen molar-refractivity contribution >= 4 is 11.6 Å². The van der Waals surface area contributed by atoms with E-state index in [1.54, 1.807) is 0 Å². The zero-order valence-corrected chi connectivity index (χ0v) is 16.6. The van der Waals surface area contributed by atoms with Gasteiger partial charge in [-0.15, -0.1) is 0 Å². The normalized spacial score (nSPS) is 15.3. The number of likely N-dealkylation sites (tertiary alicyclic amines) is 1. The molecule has 6 nitrogen and oxygen atoms in total. The van der Waals surface area contributed by atoms with Gasteiger partial charge in [0, 0.05) is 12.2 Å². The summed E-state index contributed by atoms with van der Waals surface area (Å²) >= 11 is 0. The molecular weight excluding hydrogens is 364 g/mol. The van der Waals surface area contributed by atoms with Crippen molar-refractivity contribution < 1.29 is 4.79 Å². The lowest BCUT2D eigenvalue weighted by Gasteiger charge is -2.32. The highest BCUT2D eigenvalue weighted by Gasteiger charge is 2.24. The summed E-state index contributed by atoms with van der Waals surface area (Å²) in [6.07, 6.45) is 2.15. The lowest BCUT2D eigenvalue weighted by atomic mass is 9.87. The molecule has 0 bridgehead atoms. The minimum absolute atomic E-state index is 0.305. The van der Waals surface area contributed by atoms with Crippen LogP contribution in [0.5, 0.6) is 0 Å². The van der Waals surface area contributed by atoms with Crippen LogP contribution in [0.1, 0.15) is 46.1 Å². The number of aromatic amines is 2. The zero-order valence-electron chi connectivity index (χ0n) is 16.6. The van der Waals surface area contributed by atoms with E-state index in [4.69, 9.17) is 0 Å². The van der Waals surface area contributed by atoms with E-state index >= 15 is 0 Å². The van der Waals surface area contributed by atoms with Crippen molar-refractivity contribution in [1.29, 1.82) is 0 Å². The molecule has 0 atom stereocenters. The van der Waals surface area contributed by atoms with Crippen molar-refractivity contribution in [2.45, 2.75) is 32.2 Å². The fourth-order valence-electron chi connectivity index (χ4n) is 4.12. The summed E-state index contributed by atoms with van der Waals surface area (Å²) in [6.45, 7) is 4.60. The number of imidazole rings is 1. The molecule has 1 aromatic heterocycles. The van der Waals surface area contributed by atoms with Crippen molar-refractivity contribution in [2.75, 3.05) is 18.4 Å². The van der Waals surface area contributed by atoms with Gasteiger partial charge in [-0.25, -0.2) is 4.79 Å². The highest BCUT2D eigenvalue weighted by Crippen LogP contribution is 2.30. The highest BCUT2D eigenvalue weighted by molar-refractivity contribution is 6.03. The summed E-state index contributed by atoms with van der Waals surface area (Å²) in [5.74, 6) is 0.262. The van der Waals surface area contributed by atoms with Gasteiger partial charge < -0.3 is 15.3 Å². The van der Waals surface area contributed by atoms with Gasteiger partial charge in [0.25, 0.3) is 5.91 Å². The molecule has 2 heterocycles. The van der Waals surface area contributed by atoms with E-state index in [1.807, 2.05) is 30.3 Å². The van der Waals surface area contributed by atoms with Crippen molar-refractivity contribution in [3.8, 4) is 0 Å². The van der Waals surface area contributed by atoms with E-state index in [9.17, 15) is 9.59 Å². The number of piperidine rings is 1. The maximum Gasteiger partial charge on any atom is 0.323 e. The molecule has 0 radical (unpaired) electrons. The fourth-order valence-corrected chi connectivity index (χ4v) is 4.12. The Balaban J connectivity index is 1.41. The molecule has 1 amide bonds. The lowest BCUT2D eigenvalue weighted by molar-refractivity contribution is 0.102. The largest absolute Gasteiger partial charge is 0.323 e. The third-order valence-corrected chi connectivity index (χ3v) is 5.66. The molecule has 3 aromatic rings. The van der Waals surface area contributed by atoms with Gasteiger partial charge >= 0.3 is 5.69 Å². The number of anilines is 1. The molecule has 1 aliphatic rings. The van der Waals surface area contributed by atoms with Crippen LogP contribution >= 0.6 is 0 Å². The van der Waals surface area contributed by atoms with E-state index in [1.165, 1.54) is 11.1 Å². The number of carbonyl (C=O) groups is 1. The molecule has 6 heteroatoms. The summed E-state index contributed by atoms with van der Waals surface area (Å²) in [4.78, 5) is 32.3. The number of hydrogen-bond acceptors (Lipinski definition) is 3. The minimum Gasteiger partial charge on any atom is -0.321 e. The maximum atomic E-state index is 12.6. The molecule has 1 aliphatic heterocycles. The number of H-pyrrole nitrogens is 2. The highest BCUT2D eigenvalue weighted by atomic mass is 16.2. The molecule has 0 unspecified atom stereocenters. The van der Waals surface area contributed by atoms with Crippen LogP contribution in [0.4, 0.5) is 5.69 Å². The smallest absolute Gasteiger partial charge is 0.321 e. The monoisotopic (exact) mass is 390 g/mol. The van der Waals surface area contributed by atoms with Crippen molar-refractivity contribution in [3.05, 3.63) is 87.6 Å². The van der Waals surface area contributed by atoms with Crippen LogP contribution < -0.4 is 11.0 Å². The second kappa shape index (κ2) is 8.49. The van der Waals surface area contributed by atoms with Crippen LogP contribution in [0.25, 0.3) is 0 Å². The average Bonchev–Trinajstić information content (AvgIpc) is 3.10. The van der Waals surface area contributed by atoms with Gasteiger partial charge in [0.2, 0.25) is 0 Å². The summed E-state index contributed by atoms with van der Waals surface area (Å²) < 4.78 is 0. The number of hydrogen-bond donors (Lipinski definition) is 3. The van der Waals surface area contributed by atoms with Crippen LogP contribution in [0.15, 0.2) is 59.4 Å². The third-order valence-electron chi connectivity index (χ3n) is 5.66. The van der Waals surface area contributed by atoms with E-state index in [2.05, 4.69) is 51.4 Å². The van der Waals surface area contributed by atoms with Gasteiger partial charge in [-0.2, -0.15) is 0 Å². The fraction of sp³-hybridized carbons (Fsp3) is 0.304. The van der Waals surface area contributed by atoms with Gasteiger partial charge in [0.15, 0.2) is 0 Å². The standard InChI is InChI=1S/C23H26N4O2/c1-16-7-5-6-10-19(16)17-11-13-27(14-12-17)15-20-21(26-23(29)25-20)22(28)24-18-8-3-2-4-9-18/h2-10,17H,11-15H2,1H3,(H,24,28)(H2,25,26,29). The number of amides is 1. The Morgan fingerprint density at radius 3 is 2.45 bits per heavy atom. The Bertz CT molecular complexity index is 1030. The summed E-state index contributed by atoms with van der Waals surface area (Å²) in [7, 11) is 0. The first-order valence-electron chi connectivity index (χ1n) is 10.1. The van der Waals surface area contributed by atoms with Crippen molar-refractivity contribution in [2.24, 2.45) is 0 Å². The van der Waals surface area contributed by atoms with Gasteiger partial charge in [-0.1, -0.05) is 42.5 Å². The van der Waals surface area contributed by atoms with Gasteiger partial charge in [0.1, 0.15) is 5.69 Å². The number of aromatic nitrogens is 2. The number of benzene rings is 2. The summed E-state index contributed by atoms with van der Waals surface area (Å²) in [5, 5.41) is 2.84. The molecule has 0 spiro atoms. The molecule has 2 aromatic carbocycles. The molecule has 150 valence electrons. The lowest BCUT2D eigenvalue weighted by Crippen LogP contribution is -2.33. The van der Waals surface area contributed by atoms with Crippen LogP contribution in [0, 0.1) is 6.92 Å². The Morgan fingerprint density at radius 1 is 1.03 bits per heavy atom. The molecule has 29 heavy (non-hydrogen) atoms. The van der Waals surface area contributed by atoms with Gasteiger partial charge in [0.05, 0.1) is 5.69 Å². The molecule has 0 saturated carbocycles. The first-order chi connectivity index (χ1) is 14.1. The van der Waals surface area contributed by atoms with Gasteiger partial charge in [-0.05, 0) is 62.0 Å². The van der Waals surface area contributed by atoms with E-state index < -0.39 is 0 Å². The first-order valence-corrected chi connectivity index (χ1v) is 10.1. The van der Waals surface area contributed by atoms with Crippen LogP contribution in [0.3, 0.4) is 0 Å². The second-order valence-electron chi connectivity index (χ2n) is 7.66. The SMILES string of the molecule is Cc1ccccc1C1CCN(Cc2[nH]c(=O)[nH]c2C(=O)Nc2ccccc2)CC1. The molecule has 4 rings (SSSR count). The molecule has 3 N–H and O–H groups in total. The van der Waals surface area contributed by atoms with Crippen molar-refractivity contribution in [1.82, 2.24) is 14.9 Å². The number of carbonyl (C=O) groups excluding carboxylic acids is 1. The summed E-state index contributed by atoms with van der Waals surface area (Å²) in [5.41, 5.74) is 4.07. The molecular formula is C23H26N4O2. The van der Waals surface area contributed by atoms with Crippen LogP contribution in [-0.4, -0.2) is 33.9 Å². The molecule has 1 saturated heterocycles. The number of nitrogens with zero attached hydrogens (tertiary/aromatic N) is 1. The van der Waals surface area contributed by atoms with Gasteiger partial charge in [-0.3, -0.25) is 9.69 Å². The number of nitrogens with one attached hydrogen (secondary N) is 3. The number of rotatable bonds is 5. The summed E-state index contributed by atoms with van der Waals surface area (Å²) in [6, 6.07) is 17.8.